The summed E-state index contributed by atoms with van der Waals surface area (Å²) in [6.45, 7) is 3.75. The molecule has 0 spiro atoms. The van der Waals surface area contributed by atoms with Crippen molar-refractivity contribution >= 4 is 39.7 Å². The first-order valence-corrected chi connectivity index (χ1v) is 9.68. The highest BCUT2D eigenvalue weighted by atomic mass is 32.1. The highest BCUT2D eigenvalue weighted by molar-refractivity contribution is 7.19. The van der Waals surface area contributed by atoms with E-state index in [1.807, 2.05) is 38.1 Å². The van der Waals surface area contributed by atoms with E-state index in [1.165, 1.54) is 29.9 Å². The molecule has 0 bridgehead atoms. The number of carbonyl (C=O) groups excluding carboxylic acids is 1. The molecule has 2 heterocycles. The van der Waals surface area contributed by atoms with E-state index in [9.17, 15) is 9.90 Å². The number of thiazole rings is 1. The molecule has 0 aliphatic rings. The van der Waals surface area contributed by atoms with E-state index in [4.69, 9.17) is 4.74 Å². The molecular weight excluding hydrogens is 386 g/mol. The van der Waals surface area contributed by atoms with Crippen LogP contribution in [0.4, 0.5) is 0 Å². The maximum atomic E-state index is 12.3. The average Bonchev–Trinajstić information content (AvgIpc) is 3.13. The van der Waals surface area contributed by atoms with Gasteiger partial charge < -0.3 is 9.84 Å². The van der Waals surface area contributed by atoms with E-state index in [-0.39, 0.29) is 5.88 Å². The molecule has 0 aliphatic carbocycles. The number of hydrogen-bond donors (Lipinski definition) is 1. The number of hydrogen-bond acceptors (Lipinski definition) is 7. The number of aryl methyl sites for hydroxylation is 2. The molecule has 2 aromatic carbocycles. The molecule has 144 valence electrons. The molecule has 2 aromatic heterocycles. The minimum absolute atomic E-state index is 0.206. The maximum absolute atomic E-state index is 12.3. The lowest BCUT2D eigenvalue weighted by Gasteiger charge is -2.04. The minimum atomic E-state index is -0.480. The van der Waals surface area contributed by atoms with Crippen molar-refractivity contribution in [3.63, 3.8) is 0 Å². The van der Waals surface area contributed by atoms with Gasteiger partial charge in [-0.15, -0.1) is 11.3 Å². The zero-order valence-corrected chi connectivity index (χ0v) is 16.6. The van der Waals surface area contributed by atoms with E-state index in [0.29, 0.717) is 11.3 Å². The Morgan fingerprint density at radius 2 is 1.90 bits per heavy atom. The number of fused-ring (bicyclic) bond motifs is 1. The van der Waals surface area contributed by atoms with Crippen LogP contribution in [0.5, 0.6) is 11.6 Å². The number of esters is 1. The van der Waals surface area contributed by atoms with Gasteiger partial charge in [0.2, 0.25) is 5.88 Å². The van der Waals surface area contributed by atoms with Crippen molar-refractivity contribution in [3.05, 3.63) is 76.2 Å². The lowest BCUT2D eigenvalue weighted by Crippen LogP contribution is -2.09. The molecule has 7 heteroatoms. The highest BCUT2D eigenvalue weighted by Gasteiger charge is 2.12. The van der Waals surface area contributed by atoms with E-state index < -0.39 is 5.97 Å². The second-order valence-corrected chi connectivity index (χ2v) is 7.57. The van der Waals surface area contributed by atoms with Crippen molar-refractivity contribution in [2.45, 2.75) is 13.8 Å². The zero-order valence-electron chi connectivity index (χ0n) is 15.8. The summed E-state index contributed by atoms with van der Waals surface area (Å²) in [5.41, 5.74) is 3.90. The van der Waals surface area contributed by atoms with Gasteiger partial charge in [0.15, 0.2) is 0 Å². The maximum Gasteiger partial charge on any atom is 0.344 e. The smallest absolute Gasteiger partial charge is 0.344 e. The molecule has 6 nitrogen and oxygen atoms in total. The normalized spacial score (nSPS) is 11.2. The third-order valence-corrected chi connectivity index (χ3v) is 5.31. The topological polar surface area (TPSA) is 85.2 Å². The van der Waals surface area contributed by atoms with Crippen LogP contribution in [-0.4, -0.2) is 26.0 Å². The van der Waals surface area contributed by atoms with E-state index in [0.717, 1.165) is 31.9 Å². The molecule has 0 unspecified atom stereocenters. The van der Waals surface area contributed by atoms with Crippen LogP contribution in [-0.2, 0) is 0 Å². The number of nitrogens with zero attached hydrogens (tertiary/aromatic N) is 3. The molecule has 0 fully saturated rings. The van der Waals surface area contributed by atoms with Gasteiger partial charge in [-0.05, 0) is 66.9 Å². The summed E-state index contributed by atoms with van der Waals surface area (Å²) in [7, 11) is 0. The SMILES string of the molecule is Cc1cc(C=Cc2nc3ccc(C(=O)Oc4ccncn4)cc3s2)cc(C)c1O. The number of aromatic hydroxyl groups is 1. The second-order valence-electron chi connectivity index (χ2n) is 6.51. The number of benzene rings is 2. The zero-order chi connectivity index (χ0) is 20.4. The van der Waals surface area contributed by atoms with Gasteiger partial charge in [0, 0.05) is 12.3 Å². The van der Waals surface area contributed by atoms with Crippen molar-refractivity contribution in [2.75, 3.05) is 0 Å². The van der Waals surface area contributed by atoms with Crippen LogP contribution in [0.1, 0.15) is 32.1 Å². The lowest BCUT2D eigenvalue weighted by molar-refractivity contribution is 0.0727. The van der Waals surface area contributed by atoms with Crippen LogP contribution in [0.2, 0.25) is 0 Å². The Morgan fingerprint density at radius 1 is 1.10 bits per heavy atom. The Hall–Kier alpha value is -3.58. The van der Waals surface area contributed by atoms with E-state index in [2.05, 4.69) is 15.0 Å². The first-order chi connectivity index (χ1) is 14.0. The van der Waals surface area contributed by atoms with Crippen molar-refractivity contribution < 1.29 is 14.6 Å². The van der Waals surface area contributed by atoms with Gasteiger partial charge in [0.1, 0.15) is 17.1 Å². The summed E-state index contributed by atoms with van der Waals surface area (Å²) in [5, 5.41) is 10.7. The summed E-state index contributed by atoms with van der Waals surface area (Å²) in [6.07, 6.45) is 6.72. The molecule has 0 saturated heterocycles. The van der Waals surface area contributed by atoms with Gasteiger partial charge >= 0.3 is 5.97 Å². The van der Waals surface area contributed by atoms with E-state index >= 15 is 0 Å². The number of phenols is 1. The van der Waals surface area contributed by atoms with Crippen LogP contribution in [0.25, 0.3) is 22.4 Å². The molecule has 29 heavy (non-hydrogen) atoms. The number of aromatic nitrogens is 3. The summed E-state index contributed by atoms with van der Waals surface area (Å²) >= 11 is 1.49. The average molecular weight is 403 g/mol. The molecule has 0 radical (unpaired) electrons. The lowest BCUT2D eigenvalue weighted by atomic mass is 10.1. The Kier molecular flexibility index (Phi) is 5.05. The van der Waals surface area contributed by atoms with E-state index in [1.54, 1.807) is 18.2 Å². The second kappa shape index (κ2) is 7.81. The van der Waals surface area contributed by atoms with Crippen molar-refractivity contribution in [2.24, 2.45) is 0 Å². The molecule has 1 N–H and O–H groups in total. The quantitative estimate of drug-likeness (QED) is 0.493. The first kappa shape index (κ1) is 18.8. The molecule has 0 atom stereocenters. The van der Waals surface area contributed by atoms with Crippen molar-refractivity contribution in [3.8, 4) is 11.6 Å². The third kappa shape index (κ3) is 4.14. The predicted octanol–water partition coefficient (Wildman–Crippen LogP) is 4.80. The van der Waals surface area contributed by atoms with Crippen molar-refractivity contribution in [1.82, 2.24) is 15.0 Å². The minimum Gasteiger partial charge on any atom is -0.507 e. The molecule has 0 amide bonds. The largest absolute Gasteiger partial charge is 0.507 e. The van der Waals surface area contributed by atoms with Crippen LogP contribution >= 0.6 is 11.3 Å². The Labute approximate surface area is 171 Å². The summed E-state index contributed by atoms with van der Waals surface area (Å²) in [5.74, 6) is 0.0483. The van der Waals surface area contributed by atoms with Gasteiger partial charge in [-0.1, -0.05) is 6.08 Å². The molecule has 0 saturated carbocycles. The van der Waals surface area contributed by atoms with Crippen LogP contribution in [0.3, 0.4) is 0 Å². The fourth-order valence-electron chi connectivity index (χ4n) is 2.89. The third-order valence-electron chi connectivity index (χ3n) is 4.32. The van der Waals surface area contributed by atoms with Gasteiger partial charge in [-0.3, -0.25) is 0 Å². The van der Waals surface area contributed by atoms with Crippen LogP contribution in [0.15, 0.2) is 48.9 Å². The fraction of sp³-hybridized carbons (Fsp3) is 0.0909. The number of rotatable bonds is 4. The van der Waals surface area contributed by atoms with Gasteiger partial charge in [0.05, 0.1) is 15.8 Å². The van der Waals surface area contributed by atoms with Crippen LogP contribution in [0, 0.1) is 13.8 Å². The van der Waals surface area contributed by atoms with Gasteiger partial charge in [-0.2, -0.15) is 0 Å². The highest BCUT2D eigenvalue weighted by Crippen LogP contribution is 2.27. The van der Waals surface area contributed by atoms with Crippen molar-refractivity contribution in [1.29, 1.82) is 0 Å². The summed E-state index contributed by atoms with van der Waals surface area (Å²) < 4.78 is 6.14. The molecule has 0 aliphatic heterocycles. The standard InChI is InChI=1S/C22H17N3O3S/c1-13-9-15(10-14(2)21(13)26)3-6-20-25-17-5-4-16(11-18(17)29-20)22(27)28-19-7-8-23-12-24-19/h3-12,26H,1-2H3. The monoisotopic (exact) mass is 403 g/mol. The summed E-state index contributed by atoms with van der Waals surface area (Å²) in [4.78, 5) is 24.6. The van der Waals surface area contributed by atoms with Gasteiger partial charge in [-0.25, -0.2) is 19.7 Å². The molecular formula is C22H17N3O3S. The Bertz CT molecular complexity index is 1210. The molecule has 4 aromatic rings. The Morgan fingerprint density at radius 3 is 2.62 bits per heavy atom. The predicted molar refractivity (Wildman–Crippen MR) is 113 cm³/mol. The fourth-order valence-corrected chi connectivity index (χ4v) is 3.80. The Balaban J connectivity index is 1.56. The van der Waals surface area contributed by atoms with Crippen LogP contribution < -0.4 is 4.74 Å². The summed E-state index contributed by atoms with van der Waals surface area (Å²) in [6, 6.07) is 10.6. The first-order valence-electron chi connectivity index (χ1n) is 8.87. The number of phenolic OH excluding ortho intramolecular Hbond substituents is 1. The molecule has 4 rings (SSSR count). The number of ether oxygens (including phenoxy) is 1. The number of carbonyl (C=O) groups is 1. The van der Waals surface area contributed by atoms with Gasteiger partial charge in [0.25, 0.3) is 0 Å².